The lowest BCUT2D eigenvalue weighted by Gasteiger charge is -2.06. The first-order valence-electron chi connectivity index (χ1n) is 7.03. The first-order chi connectivity index (χ1) is 9.38. The van der Waals surface area contributed by atoms with Crippen molar-refractivity contribution in [1.82, 2.24) is 20.1 Å². The van der Waals surface area contributed by atoms with Crippen LogP contribution in [0.5, 0.6) is 0 Å². The van der Waals surface area contributed by atoms with Gasteiger partial charge in [0.05, 0.1) is 6.54 Å². The summed E-state index contributed by atoms with van der Waals surface area (Å²) in [6.45, 7) is 3.92. The molecule has 0 saturated heterocycles. The van der Waals surface area contributed by atoms with E-state index in [-0.39, 0.29) is 0 Å². The van der Waals surface area contributed by atoms with Crippen molar-refractivity contribution in [2.45, 2.75) is 44.8 Å². The topological polar surface area (TPSA) is 42.7 Å². The van der Waals surface area contributed by atoms with Crippen molar-refractivity contribution in [3.63, 3.8) is 0 Å². The summed E-state index contributed by atoms with van der Waals surface area (Å²) in [7, 11) is 0. The Morgan fingerprint density at radius 1 is 1.32 bits per heavy atom. The molecular formula is C15H20N4. The first-order valence-corrected chi connectivity index (χ1v) is 7.03. The van der Waals surface area contributed by atoms with Crippen molar-refractivity contribution in [2.24, 2.45) is 0 Å². The van der Waals surface area contributed by atoms with E-state index in [4.69, 9.17) is 0 Å². The van der Waals surface area contributed by atoms with Crippen LogP contribution in [0.2, 0.25) is 0 Å². The van der Waals surface area contributed by atoms with E-state index in [0.29, 0.717) is 12.0 Å². The summed E-state index contributed by atoms with van der Waals surface area (Å²) in [4.78, 5) is 4.32. The third-order valence-corrected chi connectivity index (χ3v) is 3.67. The molecule has 19 heavy (non-hydrogen) atoms. The zero-order chi connectivity index (χ0) is 13.1. The standard InChI is InChI=1S/C15H20N4/c1-2-8-19-15(17-11-18-19)10-16-14-9-13(14)12-6-4-3-5-7-12/h3-7,11,13-14,16H,2,8-10H2,1H3. The molecule has 1 aromatic heterocycles. The molecule has 1 fully saturated rings. The molecule has 1 aromatic carbocycles. The average Bonchev–Trinajstić information content (AvgIpc) is 3.10. The fraction of sp³-hybridized carbons (Fsp3) is 0.467. The Morgan fingerprint density at radius 3 is 2.95 bits per heavy atom. The second kappa shape index (κ2) is 5.53. The zero-order valence-electron chi connectivity index (χ0n) is 11.3. The molecule has 1 aliphatic rings. The molecule has 0 bridgehead atoms. The maximum absolute atomic E-state index is 4.32. The summed E-state index contributed by atoms with van der Waals surface area (Å²) in [6, 6.07) is 11.3. The molecule has 1 N–H and O–H groups in total. The summed E-state index contributed by atoms with van der Waals surface area (Å²) in [5, 5.41) is 7.83. The van der Waals surface area contributed by atoms with Gasteiger partial charge in [-0.3, -0.25) is 0 Å². The molecule has 100 valence electrons. The smallest absolute Gasteiger partial charge is 0.140 e. The molecule has 3 rings (SSSR count). The molecule has 4 heteroatoms. The highest BCUT2D eigenvalue weighted by Crippen LogP contribution is 2.40. The van der Waals surface area contributed by atoms with Crippen molar-refractivity contribution in [2.75, 3.05) is 0 Å². The second-order valence-electron chi connectivity index (χ2n) is 5.14. The van der Waals surface area contributed by atoms with E-state index in [1.54, 1.807) is 6.33 Å². The van der Waals surface area contributed by atoms with Crippen molar-refractivity contribution in [3.05, 3.63) is 48.0 Å². The number of aromatic nitrogens is 3. The normalized spacial score (nSPS) is 21.5. The average molecular weight is 256 g/mol. The predicted molar refractivity (Wildman–Crippen MR) is 74.7 cm³/mol. The van der Waals surface area contributed by atoms with Gasteiger partial charge in [0.25, 0.3) is 0 Å². The maximum atomic E-state index is 4.32. The van der Waals surface area contributed by atoms with Gasteiger partial charge < -0.3 is 5.32 Å². The van der Waals surface area contributed by atoms with Crippen LogP contribution < -0.4 is 5.32 Å². The molecule has 1 saturated carbocycles. The first kappa shape index (κ1) is 12.4. The van der Waals surface area contributed by atoms with Crippen LogP contribution in [0.4, 0.5) is 0 Å². The Bertz CT molecular complexity index is 520. The lowest BCUT2D eigenvalue weighted by atomic mass is 10.1. The number of aryl methyl sites for hydroxylation is 1. The Kier molecular flexibility index (Phi) is 3.60. The van der Waals surface area contributed by atoms with Crippen LogP contribution >= 0.6 is 0 Å². The molecule has 0 aliphatic heterocycles. The molecule has 4 nitrogen and oxygen atoms in total. The molecule has 2 atom stereocenters. The highest BCUT2D eigenvalue weighted by molar-refractivity contribution is 5.27. The van der Waals surface area contributed by atoms with Gasteiger partial charge in [0, 0.05) is 18.5 Å². The highest BCUT2D eigenvalue weighted by Gasteiger charge is 2.37. The Balaban J connectivity index is 1.53. The Labute approximate surface area is 113 Å². The number of rotatable bonds is 6. The number of nitrogens with one attached hydrogen (secondary N) is 1. The largest absolute Gasteiger partial charge is 0.306 e. The van der Waals surface area contributed by atoms with E-state index in [9.17, 15) is 0 Å². The zero-order valence-corrected chi connectivity index (χ0v) is 11.3. The predicted octanol–water partition coefficient (Wildman–Crippen LogP) is 2.33. The SMILES string of the molecule is CCCn1ncnc1CNC1CC1c1ccccc1. The van der Waals surface area contributed by atoms with E-state index in [0.717, 1.165) is 25.3 Å². The molecule has 0 spiro atoms. The van der Waals surface area contributed by atoms with Crippen LogP contribution in [0.3, 0.4) is 0 Å². The van der Waals surface area contributed by atoms with Crippen LogP contribution in [0.15, 0.2) is 36.7 Å². The van der Waals surface area contributed by atoms with Gasteiger partial charge >= 0.3 is 0 Å². The number of nitrogens with zero attached hydrogens (tertiary/aromatic N) is 3. The Morgan fingerprint density at radius 2 is 2.16 bits per heavy atom. The number of hydrogen-bond acceptors (Lipinski definition) is 3. The maximum Gasteiger partial charge on any atom is 0.140 e. The van der Waals surface area contributed by atoms with Crippen LogP contribution in [0.25, 0.3) is 0 Å². The van der Waals surface area contributed by atoms with Crippen LogP contribution in [0, 0.1) is 0 Å². The van der Waals surface area contributed by atoms with Crippen molar-refractivity contribution in [3.8, 4) is 0 Å². The van der Waals surface area contributed by atoms with Gasteiger partial charge in [0.15, 0.2) is 0 Å². The van der Waals surface area contributed by atoms with Crippen molar-refractivity contribution in [1.29, 1.82) is 0 Å². The minimum atomic E-state index is 0.592. The van der Waals surface area contributed by atoms with E-state index in [1.165, 1.54) is 12.0 Å². The summed E-state index contributed by atoms with van der Waals surface area (Å²) < 4.78 is 1.99. The fourth-order valence-corrected chi connectivity index (χ4v) is 2.54. The van der Waals surface area contributed by atoms with Crippen molar-refractivity contribution >= 4 is 0 Å². The molecule has 1 heterocycles. The quantitative estimate of drug-likeness (QED) is 0.862. The fourth-order valence-electron chi connectivity index (χ4n) is 2.54. The third kappa shape index (κ3) is 2.84. The second-order valence-corrected chi connectivity index (χ2v) is 5.14. The van der Waals surface area contributed by atoms with Gasteiger partial charge in [0.2, 0.25) is 0 Å². The molecular weight excluding hydrogens is 236 g/mol. The minimum absolute atomic E-state index is 0.592. The van der Waals surface area contributed by atoms with Crippen molar-refractivity contribution < 1.29 is 0 Å². The molecule has 1 aliphatic carbocycles. The van der Waals surface area contributed by atoms with Gasteiger partial charge in [-0.05, 0) is 18.4 Å². The lowest BCUT2D eigenvalue weighted by molar-refractivity contribution is 0.539. The van der Waals surface area contributed by atoms with E-state index in [2.05, 4.69) is 52.7 Å². The van der Waals surface area contributed by atoms with Gasteiger partial charge in [-0.1, -0.05) is 37.3 Å². The van der Waals surface area contributed by atoms with E-state index >= 15 is 0 Å². The number of benzene rings is 1. The van der Waals surface area contributed by atoms with Gasteiger partial charge in [-0.25, -0.2) is 9.67 Å². The monoisotopic (exact) mass is 256 g/mol. The van der Waals surface area contributed by atoms with Crippen LogP contribution in [-0.4, -0.2) is 20.8 Å². The lowest BCUT2D eigenvalue weighted by Crippen LogP contribution is -2.20. The Hall–Kier alpha value is -1.68. The van der Waals surface area contributed by atoms with E-state index < -0.39 is 0 Å². The third-order valence-electron chi connectivity index (χ3n) is 3.67. The number of hydrogen-bond donors (Lipinski definition) is 1. The molecule has 2 unspecified atom stereocenters. The summed E-state index contributed by atoms with van der Waals surface area (Å²) >= 11 is 0. The van der Waals surface area contributed by atoms with E-state index in [1.807, 2.05) is 4.68 Å². The van der Waals surface area contributed by atoms with Crippen LogP contribution in [0.1, 0.15) is 37.1 Å². The molecule has 0 radical (unpaired) electrons. The summed E-state index contributed by atoms with van der Waals surface area (Å²) in [5.74, 6) is 1.71. The van der Waals surface area contributed by atoms with Gasteiger partial charge in [-0.2, -0.15) is 5.10 Å². The van der Waals surface area contributed by atoms with Crippen LogP contribution in [-0.2, 0) is 13.1 Å². The summed E-state index contributed by atoms with van der Waals surface area (Å²) in [6.07, 6.45) is 3.96. The van der Waals surface area contributed by atoms with Gasteiger partial charge in [-0.15, -0.1) is 0 Å². The molecule has 2 aromatic rings. The molecule has 0 amide bonds. The highest BCUT2D eigenvalue weighted by atomic mass is 15.3. The summed E-state index contributed by atoms with van der Waals surface area (Å²) in [5.41, 5.74) is 1.44. The van der Waals surface area contributed by atoms with Gasteiger partial charge in [0.1, 0.15) is 12.2 Å². The minimum Gasteiger partial charge on any atom is -0.306 e.